The zero-order valence-corrected chi connectivity index (χ0v) is 18.9. The second kappa shape index (κ2) is 8.88. The van der Waals surface area contributed by atoms with Crippen LogP contribution < -0.4 is 11.2 Å². The third kappa shape index (κ3) is 4.11. The minimum Gasteiger partial charge on any atom is -0.494 e. The third-order valence-corrected chi connectivity index (χ3v) is 6.38. The number of thioether (sulfide) groups is 1. The van der Waals surface area contributed by atoms with Crippen LogP contribution in [-0.2, 0) is 19.8 Å². The summed E-state index contributed by atoms with van der Waals surface area (Å²) in [6.07, 6.45) is 0. The molecule has 6 nitrogen and oxygen atoms in total. The van der Waals surface area contributed by atoms with Gasteiger partial charge in [0.05, 0.1) is 5.69 Å². The predicted molar refractivity (Wildman–Crippen MR) is 131 cm³/mol. The minimum absolute atomic E-state index is 0.0143. The number of hydrogen-bond donors (Lipinski definition) is 1. The molecule has 0 unspecified atom stereocenters. The van der Waals surface area contributed by atoms with Gasteiger partial charge in [0.2, 0.25) is 5.88 Å². The number of rotatable bonds is 4. The molecule has 0 bridgehead atoms. The van der Waals surface area contributed by atoms with E-state index in [2.05, 4.69) is 23.2 Å². The fourth-order valence-electron chi connectivity index (χ4n) is 3.48. The van der Waals surface area contributed by atoms with Gasteiger partial charge in [-0.3, -0.25) is 13.9 Å². The van der Waals surface area contributed by atoms with Crippen LogP contribution in [0.1, 0.15) is 16.7 Å². The van der Waals surface area contributed by atoms with Crippen LogP contribution in [0.5, 0.6) is 5.88 Å². The number of aryl methyl sites for hydroxylation is 1. The highest BCUT2D eigenvalue weighted by atomic mass is 32.2. The molecule has 1 N–H and O–H groups in total. The van der Waals surface area contributed by atoms with Crippen LogP contribution in [0, 0.1) is 6.92 Å². The van der Waals surface area contributed by atoms with Crippen LogP contribution in [0.3, 0.4) is 0 Å². The maximum atomic E-state index is 13.0. The van der Waals surface area contributed by atoms with Crippen molar-refractivity contribution in [2.24, 2.45) is 19.1 Å². The summed E-state index contributed by atoms with van der Waals surface area (Å²) in [5, 5.41) is 13.3. The maximum Gasteiger partial charge on any atom is 0.333 e. The average Bonchev–Trinajstić information content (AvgIpc) is 2.81. The Hall–Kier alpha value is -3.58. The van der Waals surface area contributed by atoms with Crippen molar-refractivity contribution < 1.29 is 5.11 Å². The highest BCUT2D eigenvalue weighted by Gasteiger charge is 2.21. The van der Waals surface area contributed by atoms with E-state index in [4.69, 9.17) is 0 Å². The van der Waals surface area contributed by atoms with Crippen LogP contribution in [0.25, 0.3) is 10.8 Å². The van der Waals surface area contributed by atoms with Crippen molar-refractivity contribution in [1.82, 2.24) is 9.13 Å². The van der Waals surface area contributed by atoms with Gasteiger partial charge in [-0.2, -0.15) is 0 Å². The Labute approximate surface area is 189 Å². The molecule has 0 amide bonds. The van der Waals surface area contributed by atoms with Crippen molar-refractivity contribution in [3.05, 3.63) is 104 Å². The van der Waals surface area contributed by atoms with Crippen LogP contribution in [0.15, 0.2) is 81.3 Å². The van der Waals surface area contributed by atoms with E-state index in [9.17, 15) is 14.7 Å². The summed E-state index contributed by atoms with van der Waals surface area (Å²) in [6.45, 7) is 1.98. The summed E-state index contributed by atoms with van der Waals surface area (Å²) in [5.74, 6) is 0.145. The molecule has 0 aliphatic rings. The lowest BCUT2D eigenvalue weighted by Crippen LogP contribution is -2.39. The number of fused-ring (bicyclic) bond motifs is 1. The molecule has 4 aromatic rings. The molecule has 0 saturated heterocycles. The first kappa shape index (κ1) is 21.6. The van der Waals surface area contributed by atoms with Gasteiger partial charge in [-0.1, -0.05) is 60.2 Å². The first-order valence-electron chi connectivity index (χ1n) is 10.1. The Bertz CT molecular complexity index is 1450. The first-order chi connectivity index (χ1) is 15.4. The molecule has 162 valence electrons. The Kier molecular flexibility index (Phi) is 6.01. The first-order valence-corrected chi connectivity index (χ1v) is 11.1. The number of aliphatic imine (C=N–C) groups is 1. The molecule has 7 heteroatoms. The molecule has 1 aromatic heterocycles. The van der Waals surface area contributed by atoms with E-state index < -0.39 is 17.1 Å². The van der Waals surface area contributed by atoms with Gasteiger partial charge in [-0.25, -0.2) is 9.79 Å². The van der Waals surface area contributed by atoms with Crippen LogP contribution in [0.2, 0.25) is 0 Å². The zero-order chi connectivity index (χ0) is 22.8. The van der Waals surface area contributed by atoms with E-state index in [1.165, 1.54) is 25.9 Å². The van der Waals surface area contributed by atoms with Crippen LogP contribution >= 0.6 is 11.8 Å². The van der Waals surface area contributed by atoms with E-state index in [-0.39, 0.29) is 5.56 Å². The average molecular weight is 446 g/mol. The van der Waals surface area contributed by atoms with E-state index in [1.54, 1.807) is 0 Å². The molecule has 0 fully saturated rings. The van der Waals surface area contributed by atoms with Crippen LogP contribution in [-0.4, -0.2) is 19.3 Å². The lowest BCUT2D eigenvalue weighted by Gasteiger charge is -2.13. The molecule has 0 atom stereocenters. The van der Waals surface area contributed by atoms with Gasteiger partial charge in [0.25, 0.3) is 5.56 Å². The number of aromatic hydroxyl groups is 1. The normalized spacial score (nSPS) is 11.8. The maximum absolute atomic E-state index is 13.0. The van der Waals surface area contributed by atoms with Crippen molar-refractivity contribution in [2.45, 2.75) is 12.7 Å². The summed E-state index contributed by atoms with van der Waals surface area (Å²) < 4.78 is 2.04. The third-order valence-electron chi connectivity index (χ3n) is 5.36. The molecule has 32 heavy (non-hydrogen) atoms. The molecular weight excluding hydrogens is 422 g/mol. The second-order valence-electron chi connectivity index (χ2n) is 7.58. The Morgan fingerprint density at radius 3 is 2.38 bits per heavy atom. The summed E-state index contributed by atoms with van der Waals surface area (Å²) in [7, 11) is 2.83. The van der Waals surface area contributed by atoms with E-state index in [1.807, 2.05) is 55.5 Å². The van der Waals surface area contributed by atoms with Gasteiger partial charge >= 0.3 is 5.69 Å². The summed E-state index contributed by atoms with van der Waals surface area (Å²) in [5.41, 5.74) is 1.68. The molecule has 0 spiro atoms. The van der Waals surface area contributed by atoms with Gasteiger partial charge in [0.15, 0.2) is 0 Å². The van der Waals surface area contributed by atoms with E-state index in [0.717, 1.165) is 31.0 Å². The SMILES string of the molecule is Cc1ccc(N=C(SCc2cccc3ccccc23)c2c(O)n(C)c(=O)n(C)c2=O)cc1. The van der Waals surface area contributed by atoms with Crippen molar-refractivity contribution in [3.63, 3.8) is 0 Å². The molecular formula is C25H23N3O3S. The van der Waals surface area contributed by atoms with Gasteiger partial charge in [0, 0.05) is 19.8 Å². The van der Waals surface area contributed by atoms with E-state index >= 15 is 0 Å². The van der Waals surface area contributed by atoms with Crippen molar-refractivity contribution >= 4 is 33.3 Å². The standard InChI is InChI=1S/C25H23N3O3S/c1-16-11-13-19(14-12-16)26-22(21-23(29)27(2)25(31)28(3)24(21)30)32-15-18-9-6-8-17-7-4-5-10-20(17)18/h4-14,29H,15H2,1-3H3. The smallest absolute Gasteiger partial charge is 0.333 e. The van der Waals surface area contributed by atoms with Gasteiger partial charge < -0.3 is 5.11 Å². The highest BCUT2D eigenvalue weighted by molar-refractivity contribution is 8.13. The fourth-order valence-corrected chi connectivity index (χ4v) is 4.52. The molecule has 0 aliphatic heterocycles. The molecule has 4 rings (SSSR count). The van der Waals surface area contributed by atoms with E-state index in [0.29, 0.717) is 16.5 Å². The number of benzene rings is 3. The van der Waals surface area contributed by atoms with Gasteiger partial charge in [0.1, 0.15) is 10.6 Å². The fraction of sp³-hybridized carbons (Fsp3) is 0.160. The predicted octanol–water partition coefficient (Wildman–Crippen LogP) is 4.26. The lowest BCUT2D eigenvalue weighted by atomic mass is 10.1. The van der Waals surface area contributed by atoms with Gasteiger partial charge in [-0.05, 0) is 35.4 Å². The largest absolute Gasteiger partial charge is 0.494 e. The molecule has 0 saturated carbocycles. The monoisotopic (exact) mass is 445 g/mol. The Balaban J connectivity index is 1.83. The molecule has 3 aromatic carbocycles. The molecule has 0 radical (unpaired) electrons. The quantitative estimate of drug-likeness (QED) is 0.376. The summed E-state index contributed by atoms with van der Waals surface area (Å²) in [6, 6.07) is 21.8. The summed E-state index contributed by atoms with van der Waals surface area (Å²) in [4.78, 5) is 29.9. The van der Waals surface area contributed by atoms with Crippen molar-refractivity contribution in [3.8, 4) is 5.88 Å². The number of aromatic nitrogens is 2. The lowest BCUT2D eigenvalue weighted by molar-refractivity contribution is 0.410. The highest BCUT2D eigenvalue weighted by Crippen LogP contribution is 2.28. The Morgan fingerprint density at radius 2 is 1.62 bits per heavy atom. The van der Waals surface area contributed by atoms with Gasteiger partial charge in [-0.15, -0.1) is 11.8 Å². The second-order valence-corrected chi connectivity index (χ2v) is 8.55. The Morgan fingerprint density at radius 1 is 0.938 bits per heavy atom. The van der Waals surface area contributed by atoms with Crippen molar-refractivity contribution in [1.29, 1.82) is 0 Å². The van der Waals surface area contributed by atoms with Crippen molar-refractivity contribution in [2.75, 3.05) is 0 Å². The summed E-state index contributed by atoms with van der Waals surface area (Å²) >= 11 is 1.35. The topological polar surface area (TPSA) is 76.6 Å². The molecule has 1 heterocycles. The zero-order valence-electron chi connectivity index (χ0n) is 18.1. The molecule has 0 aliphatic carbocycles. The minimum atomic E-state index is -0.593. The number of hydrogen-bond acceptors (Lipinski definition) is 5. The van der Waals surface area contributed by atoms with Crippen LogP contribution in [0.4, 0.5) is 5.69 Å². The number of nitrogens with zero attached hydrogens (tertiary/aromatic N) is 3.